The highest BCUT2D eigenvalue weighted by atomic mass is 16.5. The van der Waals surface area contributed by atoms with Crippen LogP contribution < -0.4 is 15.2 Å². The minimum absolute atomic E-state index is 0.188. The number of hydrogen-bond donors (Lipinski definition) is 2. The van der Waals surface area contributed by atoms with Gasteiger partial charge in [-0.2, -0.15) is 0 Å². The standard InChI is InChI=1S/C27H31NO4/c1-31-24-10-9-21(18-25(24)32-23-7-2-3-8-23)27(15-12-22(28)13-16-27)14-11-19-5-4-6-20(17-19)26(29)30/h4-6,9-10,17-18,22-23H,2-3,7-8,12-13,15-16,28H2,1H3,(H,29,30). The van der Waals surface area contributed by atoms with Crippen molar-refractivity contribution in [2.24, 2.45) is 5.73 Å². The van der Waals surface area contributed by atoms with Crippen LogP contribution in [0.2, 0.25) is 0 Å². The molecule has 2 aliphatic carbocycles. The summed E-state index contributed by atoms with van der Waals surface area (Å²) in [5.74, 6) is 7.35. The molecule has 4 rings (SSSR count). The third-order valence-electron chi connectivity index (χ3n) is 6.75. The summed E-state index contributed by atoms with van der Waals surface area (Å²) in [6.07, 6.45) is 8.30. The van der Waals surface area contributed by atoms with Gasteiger partial charge in [-0.3, -0.25) is 0 Å². The quantitative estimate of drug-likeness (QED) is 0.655. The van der Waals surface area contributed by atoms with Crippen LogP contribution in [0.1, 0.15) is 72.9 Å². The van der Waals surface area contributed by atoms with Gasteiger partial charge in [-0.05, 0) is 87.3 Å². The minimum Gasteiger partial charge on any atom is -0.493 e. The summed E-state index contributed by atoms with van der Waals surface area (Å²) in [5, 5.41) is 9.29. The molecule has 0 saturated heterocycles. The Labute approximate surface area is 189 Å². The monoisotopic (exact) mass is 433 g/mol. The van der Waals surface area contributed by atoms with Gasteiger partial charge in [0.25, 0.3) is 0 Å². The fourth-order valence-corrected chi connectivity index (χ4v) is 4.79. The van der Waals surface area contributed by atoms with Gasteiger partial charge < -0.3 is 20.3 Å². The van der Waals surface area contributed by atoms with E-state index in [2.05, 4.69) is 24.0 Å². The van der Waals surface area contributed by atoms with Crippen molar-refractivity contribution < 1.29 is 19.4 Å². The third kappa shape index (κ3) is 4.92. The highest BCUT2D eigenvalue weighted by molar-refractivity contribution is 5.88. The number of carboxylic acids is 1. The van der Waals surface area contributed by atoms with Crippen molar-refractivity contribution >= 4 is 5.97 Å². The molecule has 2 aromatic carbocycles. The molecule has 5 heteroatoms. The molecule has 5 nitrogen and oxygen atoms in total. The number of rotatable bonds is 5. The van der Waals surface area contributed by atoms with Crippen molar-refractivity contribution in [1.82, 2.24) is 0 Å². The second-order valence-corrected chi connectivity index (χ2v) is 8.95. The molecule has 168 valence electrons. The number of aromatic carboxylic acids is 1. The summed E-state index contributed by atoms with van der Waals surface area (Å²) < 4.78 is 11.9. The van der Waals surface area contributed by atoms with E-state index in [0.29, 0.717) is 5.56 Å². The molecule has 2 saturated carbocycles. The van der Waals surface area contributed by atoms with Gasteiger partial charge >= 0.3 is 5.97 Å². The summed E-state index contributed by atoms with van der Waals surface area (Å²) in [4.78, 5) is 11.3. The second-order valence-electron chi connectivity index (χ2n) is 8.95. The molecule has 0 bridgehead atoms. The molecule has 3 N–H and O–H groups in total. The van der Waals surface area contributed by atoms with Crippen LogP contribution in [0.4, 0.5) is 0 Å². The first-order valence-electron chi connectivity index (χ1n) is 11.5. The lowest BCUT2D eigenvalue weighted by molar-refractivity contribution is 0.0697. The topological polar surface area (TPSA) is 81.8 Å². The van der Waals surface area contributed by atoms with E-state index in [0.717, 1.165) is 55.6 Å². The van der Waals surface area contributed by atoms with E-state index in [1.807, 2.05) is 12.1 Å². The zero-order valence-electron chi connectivity index (χ0n) is 18.6. The largest absolute Gasteiger partial charge is 0.493 e. The fraction of sp³-hybridized carbons (Fsp3) is 0.444. The van der Waals surface area contributed by atoms with Gasteiger partial charge in [0.1, 0.15) is 0 Å². The summed E-state index contributed by atoms with van der Waals surface area (Å²) in [6, 6.07) is 13.1. The van der Waals surface area contributed by atoms with Gasteiger partial charge in [0, 0.05) is 11.6 Å². The molecular weight excluding hydrogens is 402 g/mol. The van der Waals surface area contributed by atoms with Crippen LogP contribution in [0, 0.1) is 11.8 Å². The normalized spacial score (nSPS) is 23.2. The van der Waals surface area contributed by atoms with Crippen molar-refractivity contribution in [3.8, 4) is 23.3 Å². The Morgan fingerprint density at radius 2 is 1.81 bits per heavy atom. The van der Waals surface area contributed by atoms with Crippen LogP contribution in [0.3, 0.4) is 0 Å². The molecule has 0 heterocycles. The molecule has 32 heavy (non-hydrogen) atoms. The first-order valence-corrected chi connectivity index (χ1v) is 11.5. The van der Waals surface area contributed by atoms with E-state index in [-0.39, 0.29) is 23.1 Å². The first-order chi connectivity index (χ1) is 15.5. The highest BCUT2D eigenvalue weighted by Gasteiger charge is 2.35. The van der Waals surface area contributed by atoms with Gasteiger partial charge in [-0.1, -0.05) is 24.0 Å². The number of ether oxygens (including phenoxy) is 2. The smallest absolute Gasteiger partial charge is 0.335 e. The molecule has 0 aromatic heterocycles. The van der Waals surface area contributed by atoms with Crippen LogP contribution in [-0.4, -0.2) is 30.3 Å². The maximum atomic E-state index is 11.3. The fourth-order valence-electron chi connectivity index (χ4n) is 4.79. The van der Waals surface area contributed by atoms with E-state index < -0.39 is 5.97 Å². The molecule has 0 amide bonds. The molecule has 2 fully saturated rings. The molecule has 0 radical (unpaired) electrons. The lowest BCUT2D eigenvalue weighted by Crippen LogP contribution is -2.36. The predicted molar refractivity (Wildman–Crippen MR) is 124 cm³/mol. The number of methoxy groups -OCH3 is 1. The maximum Gasteiger partial charge on any atom is 0.335 e. The summed E-state index contributed by atoms with van der Waals surface area (Å²) in [6.45, 7) is 0. The lowest BCUT2D eigenvalue weighted by atomic mass is 9.68. The zero-order valence-corrected chi connectivity index (χ0v) is 18.6. The first kappa shape index (κ1) is 22.2. The SMILES string of the molecule is COc1ccc(C2(C#Cc3cccc(C(=O)O)c3)CCC(N)CC2)cc1OC1CCCC1. The van der Waals surface area contributed by atoms with Crippen molar-refractivity contribution in [1.29, 1.82) is 0 Å². The van der Waals surface area contributed by atoms with Gasteiger partial charge in [0.05, 0.1) is 24.2 Å². The Bertz CT molecular complexity index is 1020. The second kappa shape index (κ2) is 9.67. The Kier molecular flexibility index (Phi) is 6.72. The summed E-state index contributed by atoms with van der Waals surface area (Å²) in [7, 11) is 1.67. The number of carboxylic acid groups (broad SMARTS) is 1. The van der Waals surface area contributed by atoms with Crippen LogP contribution in [0.25, 0.3) is 0 Å². The van der Waals surface area contributed by atoms with Crippen LogP contribution in [0.15, 0.2) is 42.5 Å². The Balaban J connectivity index is 1.70. The van der Waals surface area contributed by atoms with Crippen molar-refractivity contribution in [2.75, 3.05) is 7.11 Å². The third-order valence-corrected chi connectivity index (χ3v) is 6.75. The van der Waals surface area contributed by atoms with Crippen molar-refractivity contribution in [2.45, 2.75) is 68.9 Å². The van der Waals surface area contributed by atoms with E-state index in [4.69, 9.17) is 15.2 Å². The van der Waals surface area contributed by atoms with Crippen molar-refractivity contribution in [3.05, 3.63) is 59.2 Å². The van der Waals surface area contributed by atoms with Gasteiger partial charge in [0.15, 0.2) is 11.5 Å². The van der Waals surface area contributed by atoms with E-state index in [1.165, 1.54) is 12.8 Å². The molecule has 0 spiro atoms. The molecule has 0 aliphatic heterocycles. The number of benzene rings is 2. The molecule has 0 unspecified atom stereocenters. The van der Waals surface area contributed by atoms with Gasteiger partial charge in [-0.15, -0.1) is 0 Å². The Morgan fingerprint density at radius 3 is 2.50 bits per heavy atom. The number of nitrogens with two attached hydrogens (primary N) is 1. The zero-order chi connectivity index (χ0) is 22.6. The van der Waals surface area contributed by atoms with Gasteiger partial charge in [-0.25, -0.2) is 4.79 Å². The predicted octanol–water partition coefficient (Wildman–Crippen LogP) is 4.91. The maximum absolute atomic E-state index is 11.3. The Hall–Kier alpha value is -2.97. The van der Waals surface area contributed by atoms with Crippen molar-refractivity contribution in [3.63, 3.8) is 0 Å². The van der Waals surface area contributed by atoms with Crippen LogP contribution >= 0.6 is 0 Å². The van der Waals surface area contributed by atoms with Gasteiger partial charge in [0.2, 0.25) is 0 Å². The average Bonchev–Trinajstić information content (AvgIpc) is 3.32. The lowest BCUT2D eigenvalue weighted by Gasteiger charge is -2.36. The summed E-state index contributed by atoms with van der Waals surface area (Å²) >= 11 is 0. The molecule has 2 aromatic rings. The number of carbonyl (C=O) groups is 1. The van der Waals surface area contributed by atoms with E-state index >= 15 is 0 Å². The highest BCUT2D eigenvalue weighted by Crippen LogP contribution is 2.42. The van der Waals surface area contributed by atoms with Crippen LogP contribution in [-0.2, 0) is 5.41 Å². The van der Waals surface area contributed by atoms with Crippen LogP contribution in [0.5, 0.6) is 11.5 Å². The molecule has 0 atom stereocenters. The van der Waals surface area contributed by atoms with E-state index in [9.17, 15) is 9.90 Å². The Morgan fingerprint density at radius 1 is 1.06 bits per heavy atom. The molecular formula is C27H31NO4. The number of hydrogen-bond acceptors (Lipinski definition) is 4. The minimum atomic E-state index is -0.948. The van der Waals surface area contributed by atoms with E-state index in [1.54, 1.807) is 25.3 Å². The molecule has 2 aliphatic rings. The summed E-state index contributed by atoms with van der Waals surface area (Å²) in [5.41, 5.74) is 7.93. The average molecular weight is 434 g/mol.